The molecule has 5 nitrogen and oxygen atoms in total. The molecule has 3 aromatic heterocycles. The summed E-state index contributed by atoms with van der Waals surface area (Å²) in [5.74, 6) is 1.82. The summed E-state index contributed by atoms with van der Waals surface area (Å²) < 4.78 is 9.04. The number of nitrogens with zero attached hydrogens (tertiary/aromatic N) is 4. The Morgan fingerprint density at radius 2 is 0.833 bits per heavy atom. The molecule has 0 bridgehead atoms. The van der Waals surface area contributed by atoms with Crippen molar-refractivity contribution in [1.29, 1.82) is 0 Å². The summed E-state index contributed by atoms with van der Waals surface area (Å²) in [6, 6.07) is 77.7. The second-order valence-corrected chi connectivity index (χ2v) is 17.2. The number of benzene rings is 11. The van der Waals surface area contributed by atoms with E-state index < -0.39 is 0 Å². The Bertz CT molecular complexity index is 4210. The van der Waals surface area contributed by atoms with Crippen LogP contribution in [-0.2, 0) is 0 Å². The van der Waals surface area contributed by atoms with E-state index in [9.17, 15) is 0 Å². The van der Waals surface area contributed by atoms with Crippen LogP contribution in [0.3, 0.4) is 0 Å². The van der Waals surface area contributed by atoms with Crippen molar-refractivity contribution < 1.29 is 4.42 Å². The molecule has 0 amide bonds. The van der Waals surface area contributed by atoms with E-state index in [1.807, 2.05) is 12.1 Å². The van der Waals surface area contributed by atoms with Gasteiger partial charge in [0.05, 0.1) is 16.7 Å². The van der Waals surface area contributed by atoms with Gasteiger partial charge >= 0.3 is 0 Å². The van der Waals surface area contributed by atoms with Gasteiger partial charge in [0.25, 0.3) is 0 Å². The lowest BCUT2D eigenvalue weighted by molar-refractivity contribution is 0.669. The van der Waals surface area contributed by atoms with Gasteiger partial charge < -0.3 is 8.98 Å². The Balaban J connectivity index is 1.08. The molecule has 14 aromatic rings. The Hall–Kier alpha value is -8.93. The second kappa shape index (κ2) is 14.3. The van der Waals surface area contributed by atoms with E-state index in [-0.39, 0.29) is 0 Å². The first-order valence-corrected chi connectivity index (χ1v) is 22.3. The number of furan rings is 1. The van der Waals surface area contributed by atoms with Crippen LogP contribution < -0.4 is 0 Å². The third kappa shape index (κ3) is 5.70. The average Bonchev–Trinajstić information content (AvgIpc) is 3.93. The van der Waals surface area contributed by atoms with Crippen molar-refractivity contribution in [2.75, 3.05) is 0 Å². The molecule has 5 heteroatoms. The molecule has 0 spiro atoms. The van der Waals surface area contributed by atoms with Crippen molar-refractivity contribution in [1.82, 2.24) is 19.5 Å². The SMILES string of the molecule is c1ccc2cc(-c3nc(-c4ccc(-n5c6cc7ccccc7cc6c6ccc7ccccc7c65)c(-c5cccc6oc7ccccc7c56)c4)nc(-c4ccc5ccccc5c4)n3)ccc2c1. The summed E-state index contributed by atoms with van der Waals surface area (Å²) >= 11 is 0. The van der Waals surface area contributed by atoms with Gasteiger partial charge in [-0.15, -0.1) is 0 Å². The van der Waals surface area contributed by atoms with Gasteiger partial charge in [0, 0.05) is 49.2 Å². The lowest BCUT2D eigenvalue weighted by Gasteiger charge is -2.18. The Morgan fingerprint density at radius 3 is 1.52 bits per heavy atom. The normalized spacial score (nSPS) is 11.9. The van der Waals surface area contributed by atoms with Gasteiger partial charge in [-0.1, -0.05) is 164 Å². The van der Waals surface area contributed by atoms with Gasteiger partial charge in [0.2, 0.25) is 0 Å². The highest BCUT2D eigenvalue weighted by Gasteiger charge is 2.23. The van der Waals surface area contributed by atoms with E-state index in [4.69, 9.17) is 19.4 Å². The van der Waals surface area contributed by atoms with Gasteiger partial charge in [-0.2, -0.15) is 0 Å². The predicted molar refractivity (Wildman–Crippen MR) is 273 cm³/mol. The summed E-state index contributed by atoms with van der Waals surface area (Å²) in [5, 5.41) is 13.9. The minimum atomic E-state index is 0.590. The number of para-hydroxylation sites is 1. The molecule has 0 radical (unpaired) electrons. The molecule has 0 saturated carbocycles. The molecule has 0 fully saturated rings. The topological polar surface area (TPSA) is 56.7 Å². The molecule has 3 heterocycles. The van der Waals surface area contributed by atoms with Crippen molar-refractivity contribution in [2.45, 2.75) is 0 Å². The molecule has 0 saturated heterocycles. The van der Waals surface area contributed by atoms with Crippen LogP contribution in [0.2, 0.25) is 0 Å². The number of aromatic nitrogens is 4. The van der Waals surface area contributed by atoms with E-state index in [2.05, 4.69) is 211 Å². The lowest BCUT2D eigenvalue weighted by Crippen LogP contribution is -2.02. The number of hydrogen-bond donors (Lipinski definition) is 0. The van der Waals surface area contributed by atoms with Crippen molar-refractivity contribution in [3.05, 3.63) is 218 Å². The largest absolute Gasteiger partial charge is 0.456 e. The van der Waals surface area contributed by atoms with E-state index in [0.29, 0.717) is 17.5 Å². The highest BCUT2D eigenvalue weighted by atomic mass is 16.3. The average molecular weight is 841 g/mol. The van der Waals surface area contributed by atoms with Crippen LogP contribution in [0.4, 0.5) is 0 Å². The zero-order chi connectivity index (χ0) is 43.3. The standard InChI is InChI=1S/C61H36N4O/c1-3-15-40-32-44(26-24-37(40)12-1)59-62-60(45-27-25-38-13-2-4-16-41(38)33-45)64-61(63-59)46-29-31-53(51(35-46)48-21-11-23-56-57(48)50-20-9-10-22-55(50)66-56)65-54-36-43-18-6-5-17-42(43)34-52(54)49-30-28-39-14-7-8-19-47(39)58(49)65/h1-36H. The zero-order valence-corrected chi connectivity index (χ0v) is 35.5. The van der Waals surface area contributed by atoms with Crippen LogP contribution in [-0.4, -0.2) is 19.5 Å². The van der Waals surface area contributed by atoms with Crippen LogP contribution in [0.1, 0.15) is 0 Å². The quantitative estimate of drug-likeness (QED) is 0.173. The third-order valence-corrected chi connectivity index (χ3v) is 13.4. The molecule has 0 aliphatic heterocycles. The van der Waals surface area contributed by atoms with E-state index in [1.165, 1.54) is 32.3 Å². The maximum atomic E-state index is 6.56. The van der Waals surface area contributed by atoms with E-state index in [1.54, 1.807) is 0 Å². The van der Waals surface area contributed by atoms with Crippen molar-refractivity contribution in [3.8, 4) is 51.0 Å². The predicted octanol–water partition coefficient (Wildman–Crippen LogP) is 16.1. The van der Waals surface area contributed by atoms with E-state index in [0.717, 1.165) is 88.0 Å². The van der Waals surface area contributed by atoms with Gasteiger partial charge in [0.15, 0.2) is 17.5 Å². The van der Waals surface area contributed by atoms with Crippen LogP contribution in [0.15, 0.2) is 223 Å². The number of fused-ring (bicyclic) bond motifs is 11. The number of rotatable bonds is 5. The zero-order valence-electron chi connectivity index (χ0n) is 35.5. The maximum absolute atomic E-state index is 6.56. The van der Waals surface area contributed by atoms with Crippen molar-refractivity contribution in [3.63, 3.8) is 0 Å². The Kier molecular flexibility index (Phi) is 7.91. The fourth-order valence-corrected chi connectivity index (χ4v) is 10.2. The molecular formula is C61H36N4O. The van der Waals surface area contributed by atoms with Crippen molar-refractivity contribution in [2.24, 2.45) is 0 Å². The Labute approximate surface area is 378 Å². The first-order chi connectivity index (χ1) is 32.7. The minimum Gasteiger partial charge on any atom is -0.456 e. The molecule has 306 valence electrons. The van der Waals surface area contributed by atoms with E-state index >= 15 is 0 Å². The fraction of sp³-hybridized carbons (Fsp3) is 0. The minimum absolute atomic E-state index is 0.590. The summed E-state index contributed by atoms with van der Waals surface area (Å²) in [5.41, 5.74) is 9.84. The number of hydrogen-bond acceptors (Lipinski definition) is 4. The van der Waals surface area contributed by atoms with Crippen LogP contribution in [0.25, 0.3) is 138 Å². The maximum Gasteiger partial charge on any atom is 0.164 e. The summed E-state index contributed by atoms with van der Waals surface area (Å²) in [6.07, 6.45) is 0. The molecule has 11 aromatic carbocycles. The molecule has 0 aliphatic rings. The molecule has 0 N–H and O–H groups in total. The highest BCUT2D eigenvalue weighted by molar-refractivity contribution is 6.21. The smallest absolute Gasteiger partial charge is 0.164 e. The molecular weight excluding hydrogens is 805 g/mol. The van der Waals surface area contributed by atoms with Crippen LogP contribution in [0.5, 0.6) is 0 Å². The summed E-state index contributed by atoms with van der Waals surface area (Å²) in [7, 11) is 0. The van der Waals surface area contributed by atoms with Crippen LogP contribution in [0, 0.1) is 0 Å². The summed E-state index contributed by atoms with van der Waals surface area (Å²) in [6.45, 7) is 0. The first kappa shape index (κ1) is 36.5. The first-order valence-electron chi connectivity index (χ1n) is 22.3. The van der Waals surface area contributed by atoms with Crippen LogP contribution >= 0.6 is 0 Å². The highest BCUT2D eigenvalue weighted by Crippen LogP contribution is 2.45. The summed E-state index contributed by atoms with van der Waals surface area (Å²) in [4.78, 5) is 15.9. The van der Waals surface area contributed by atoms with Gasteiger partial charge in [-0.3, -0.25) is 0 Å². The molecule has 14 rings (SSSR count). The van der Waals surface area contributed by atoms with Gasteiger partial charge in [-0.25, -0.2) is 15.0 Å². The molecule has 66 heavy (non-hydrogen) atoms. The third-order valence-electron chi connectivity index (χ3n) is 13.4. The Morgan fingerprint density at radius 1 is 0.318 bits per heavy atom. The van der Waals surface area contributed by atoms with Gasteiger partial charge in [0.1, 0.15) is 11.2 Å². The monoisotopic (exact) mass is 840 g/mol. The van der Waals surface area contributed by atoms with Gasteiger partial charge in [-0.05, 0) is 97.9 Å². The fourth-order valence-electron chi connectivity index (χ4n) is 10.2. The molecule has 0 aliphatic carbocycles. The molecule has 0 atom stereocenters. The molecule has 0 unspecified atom stereocenters. The lowest BCUT2D eigenvalue weighted by atomic mass is 9.95. The van der Waals surface area contributed by atoms with Crippen molar-refractivity contribution >= 4 is 86.8 Å². The second-order valence-electron chi connectivity index (χ2n) is 17.2.